The number of carbonyl (C=O) groups excluding carboxylic acids is 1. The Bertz CT molecular complexity index is 600. The van der Waals surface area contributed by atoms with Gasteiger partial charge in [-0.1, -0.05) is 23.4 Å². The number of carbonyl (C=O) groups is 1. The lowest BCUT2D eigenvalue weighted by Crippen LogP contribution is -2.32. The molecule has 20 heavy (non-hydrogen) atoms. The number of nitrogens with one attached hydrogen (secondary N) is 2. The molecule has 1 atom stereocenters. The predicted octanol–water partition coefficient (Wildman–Crippen LogP) is 1.98. The van der Waals surface area contributed by atoms with Crippen LogP contribution >= 0.6 is 0 Å². The number of urea groups is 1. The van der Waals surface area contributed by atoms with Crippen LogP contribution in [0.4, 0.5) is 15.0 Å². The van der Waals surface area contributed by atoms with Gasteiger partial charge in [0.2, 0.25) is 0 Å². The second-order valence-corrected chi connectivity index (χ2v) is 4.20. The second kappa shape index (κ2) is 6.16. The van der Waals surface area contributed by atoms with Gasteiger partial charge in [0.1, 0.15) is 11.6 Å². The zero-order chi connectivity index (χ0) is 14.5. The minimum Gasteiger partial charge on any atom is -0.386 e. The maximum atomic E-state index is 13.4. The van der Waals surface area contributed by atoms with Crippen molar-refractivity contribution >= 4 is 11.8 Å². The number of aliphatic hydroxyl groups excluding tert-OH is 1. The van der Waals surface area contributed by atoms with Crippen molar-refractivity contribution in [2.75, 3.05) is 11.9 Å². The van der Waals surface area contributed by atoms with Gasteiger partial charge in [-0.3, -0.25) is 5.32 Å². The van der Waals surface area contributed by atoms with Crippen LogP contribution in [0.3, 0.4) is 0 Å². The number of amides is 2. The van der Waals surface area contributed by atoms with Crippen molar-refractivity contribution in [3.8, 4) is 0 Å². The third-order valence-electron chi connectivity index (χ3n) is 2.59. The first-order chi connectivity index (χ1) is 9.56. The van der Waals surface area contributed by atoms with Gasteiger partial charge < -0.3 is 14.9 Å². The molecule has 0 spiro atoms. The highest BCUT2D eigenvalue weighted by Gasteiger charge is 2.13. The maximum Gasteiger partial charge on any atom is 0.320 e. The van der Waals surface area contributed by atoms with Crippen LogP contribution < -0.4 is 10.6 Å². The molecule has 0 aliphatic carbocycles. The minimum absolute atomic E-state index is 0.121. The van der Waals surface area contributed by atoms with E-state index in [0.717, 1.165) is 0 Å². The SMILES string of the molecule is Cc1cc(NC(=O)NC[C@@H](O)c2ccccc2F)no1. The number of aromatic nitrogens is 1. The van der Waals surface area contributed by atoms with Crippen LogP contribution in [0, 0.1) is 12.7 Å². The molecule has 0 aliphatic heterocycles. The summed E-state index contributed by atoms with van der Waals surface area (Å²) in [6, 6.07) is 6.83. The Morgan fingerprint density at radius 2 is 2.25 bits per heavy atom. The minimum atomic E-state index is -1.12. The summed E-state index contributed by atoms with van der Waals surface area (Å²) in [4.78, 5) is 11.5. The van der Waals surface area contributed by atoms with Crippen molar-refractivity contribution in [3.63, 3.8) is 0 Å². The highest BCUT2D eigenvalue weighted by atomic mass is 19.1. The fourth-order valence-electron chi connectivity index (χ4n) is 1.63. The lowest BCUT2D eigenvalue weighted by Gasteiger charge is -2.12. The van der Waals surface area contributed by atoms with Crippen LogP contribution in [0.15, 0.2) is 34.9 Å². The molecule has 2 aromatic rings. The number of aryl methyl sites for hydroxylation is 1. The lowest BCUT2D eigenvalue weighted by atomic mass is 10.1. The van der Waals surface area contributed by atoms with Gasteiger partial charge in [0.15, 0.2) is 5.82 Å². The van der Waals surface area contributed by atoms with E-state index in [4.69, 9.17) is 4.52 Å². The summed E-state index contributed by atoms with van der Waals surface area (Å²) in [6.45, 7) is 1.57. The Morgan fingerprint density at radius 1 is 1.50 bits per heavy atom. The van der Waals surface area contributed by atoms with E-state index in [9.17, 15) is 14.3 Å². The fourth-order valence-corrected chi connectivity index (χ4v) is 1.63. The van der Waals surface area contributed by atoms with E-state index in [1.807, 2.05) is 0 Å². The molecule has 2 amide bonds. The molecule has 0 saturated heterocycles. The standard InChI is InChI=1S/C13H14FN3O3/c1-8-6-12(17-20-8)16-13(19)15-7-11(18)9-4-2-3-5-10(9)14/h2-6,11,18H,7H2,1H3,(H2,15,16,17,19)/t11-/m1/s1. The van der Waals surface area contributed by atoms with Gasteiger partial charge in [-0.2, -0.15) is 0 Å². The number of aliphatic hydroxyl groups is 1. The quantitative estimate of drug-likeness (QED) is 0.798. The molecule has 1 heterocycles. The summed E-state index contributed by atoms with van der Waals surface area (Å²) in [5.74, 6) is 0.307. The summed E-state index contributed by atoms with van der Waals surface area (Å²) >= 11 is 0. The maximum absolute atomic E-state index is 13.4. The zero-order valence-corrected chi connectivity index (χ0v) is 10.8. The summed E-state index contributed by atoms with van der Waals surface area (Å²) in [5.41, 5.74) is 0.130. The number of anilines is 1. The Balaban J connectivity index is 1.85. The van der Waals surface area contributed by atoms with Crippen LogP contribution in [0.1, 0.15) is 17.4 Å². The van der Waals surface area contributed by atoms with Gasteiger partial charge in [-0.05, 0) is 13.0 Å². The van der Waals surface area contributed by atoms with Crippen molar-refractivity contribution < 1.29 is 18.8 Å². The first kappa shape index (κ1) is 14.0. The van der Waals surface area contributed by atoms with E-state index in [-0.39, 0.29) is 17.9 Å². The van der Waals surface area contributed by atoms with Gasteiger partial charge in [-0.25, -0.2) is 9.18 Å². The molecule has 7 heteroatoms. The Morgan fingerprint density at radius 3 is 2.90 bits per heavy atom. The van der Waals surface area contributed by atoms with Gasteiger partial charge in [0.25, 0.3) is 0 Å². The smallest absolute Gasteiger partial charge is 0.320 e. The molecule has 0 saturated carbocycles. The number of rotatable bonds is 4. The third-order valence-corrected chi connectivity index (χ3v) is 2.59. The highest BCUT2D eigenvalue weighted by Crippen LogP contribution is 2.15. The van der Waals surface area contributed by atoms with Crippen molar-refractivity contribution in [2.24, 2.45) is 0 Å². The number of hydrogen-bond acceptors (Lipinski definition) is 4. The van der Waals surface area contributed by atoms with Crippen LogP contribution in [-0.2, 0) is 0 Å². The van der Waals surface area contributed by atoms with Gasteiger partial charge in [0, 0.05) is 18.2 Å². The summed E-state index contributed by atoms with van der Waals surface area (Å²) in [5, 5.41) is 18.2. The average molecular weight is 279 g/mol. The van der Waals surface area contributed by atoms with Gasteiger partial charge in [-0.15, -0.1) is 0 Å². The number of hydrogen-bond donors (Lipinski definition) is 3. The topological polar surface area (TPSA) is 87.4 Å². The van der Waals surface area contributed by atoms with E-state index >= 15 is 0 Å². The van der Waals surface area contributed by atoms with Crippen LogP contribution in [0.25, 0.3) is 0 Å². The Kier molecular flexibility index (Phi) is 4.31. The Hall–Kier alpha value is -2.41. The van der Waals surface area contributed by atoms with Crippen LogP contribution in [0.2, 0.25) is 0 Å². The highest BCUT2D eigenvalue weighted by molar-refractivity contribution is 5.88. The van der Waals surface area contributed by atoms with E-state index < -0.39 is 18.0 Å². The van der Waals surface area contributed by atoms with Gasteiger partial charge in [0.05, 0.1) is 6.10 Å². The Labute approximate surface area is 114 Å². The van der Waals surface area contributed by atoms with E-state index in [1.54, 1.807) is 19.1 Å². The van der Waals surface area contributed by atoms with Crippen molar-refractivity contribution in [1.29, 1.82) is 0 Å². The first-order valence-electron chi connectivity index (χ1n) is 5.97. The largest absolute Gasteiger partial charge is 0.386 e. The molecule has 106 valence electrons. The first-order valence-corrected chi connectivity index (χ1v) is 5.97. The molecule has 6 nitrogen and oxygen atoms in total. The van der Waals surface area contributed by atoms with E-state index in [1.165, 1.54) is 18.2 Å². The molecular weight excluding hydrogens is 265 g/mol. The molecule has 3 N–H and O–H groups in total. The molecule has 1 aromatic heterocycles. The monoisotopic (exact) mass is 279 g/mol. The number of halogens is 1. The molecule has 2 rings (SSSR count). The van der Waals surface area contributed by atoms with Crippen molar-refractivity contribution in [1.82, 2.24) is 10.5 Å². The molecule has 0 aliphatic rings. The molecule has 0 bridgehead atoms. The molecule has 1 aromatic carbocycles. The summed E-state index contributed by atoms with van der Waals surface area (Å²) in [7, 11) is 0. The molecular formula is C13H14FN3O3. The number of nitrogens with zero attached hydrogens (tertiary/aromatic N) is 1. The molecule has 0 unspecified atom stereocenters. The van der Waals surface area contributed by atoms with E-state index in [2.05, 4.69) is 15.8 Å². The second-order valence-electron chi connectivity index (χ2n) is 4.20. The zero-order valence-electron chi connectivity index (χ0n) is 10.8. The molecule has 0 radical (unpaired) electrons. The van der Waals surface area contributed by atoms with Gasteiger partial charge >= 0.3 is 6.03 Å². The average Bonchev–Trinajstić information content (AvgIpc) is 2.82. The van der Waals surface area contributed by atoms with Crippen molar-refractivity contribution in [2.45, 2.75) is 13.0 Å². The lowest BCUT2D eigenvalue weighted by molar-refractivity contribution is 0.170. The number of benzene rings is 1. The summed E-state index contributed by atoms with van der Waals surface area (Å²) in [6.07, 6.45) is -1.12. The van der Waals surface area contributed by atoms with Crippen molar-refractivity contribution in [3.05, 3.63) is 47.5 Å². The molecule has 0 fully saturated rings. The summed E-state index contributed by atoms with van der Waals surface area (Å²) < 4.78 is 18.2. The van der Waals surface area contributed by atoms with Crippen LogP contribution in [-0.4, -0.2) is 22.8 Å². The fraction of sp³-hybridized carbons (Fsp3) is 0.231. The predicted molar refractivity (Wildman–Crippen MR) is 69.6 cm³/mol. The van der Waals surface area contributed by atoms with E-state index in [0.29, 0.717) is 5.76 Å². The normalized spacial score (nSPS) is 11.9. The van der Waals surface area contributed by atoms with Crippen LogP contribution in [0.5, 0.6) is 0 Å². The third kappa shape index (κ3) is 3.55.